The topological polar surface area (TPSA) is 74.3 Å². The van der Waals surface area contributed by atoms with Gasteiger partial charge in [0.25, 0.3) is 0 Å². The molecule has 1 aromatic carbocycles. The summed E-state index contributed by atoms with van der Waals surface area (Å²) >= 11 is 1.55. The molecule has 2 N–H and O–H groups in total. The summed E-state index contributed by atoms with van der Waals surface area (Å²) < 4.78 is 0. The lowest BCUT2D eigenvalue weighted by Gasteiger charge is -2.34. The molecule has 1 saturated heterocycles. The second-order valence-electron chi connectivity index (χ2n) is 6.55. The Morgan fingerprint density at radius 1 is 1.38 bits per heavy atom. The normalized spacial score (nSPS) is 17.7. The van der Waals surface area contributed by atoms with Gasteiger partial charge in [-0.2, -0.15) is 0 Å². The number of nitrogens with one attached hydrogen (secondary N) is 2. The largest absolute Gasteiger partial charge is 0.356 e. The van der Waals surface area contributed by atoms with Crippen LogP contribution < -0.4 is 10.6 Å². The van der Waals surface area contributed by atoms with E-state index in [1.807, 2.05) is 5.38 Å². The van der Waals surface area contributed by atoms with Crippen LogP contribution in [0.25, 0.3) is 0 Å². The van der Waals surface area contributed by atoms with Gasteiger partial charge in [-0.3, -0.25) is 14.5 Å². The van der Waals surface area contributed by atoms with Gasteiger partial charge >= 0.3 is 0 Å². The van der Waals surface area contributed by atoms with E-state index in [9.17, 15) is 9.59 Å². The Kier molecular flexibility index (Phi) is 6.35. The van der Waals surface area contributed by atoms with Crippen LogP contribution in [-0.4, -0.2) is 47.4 Å². The Labute approximate surface area is 157 Å². The number of piperazine rings is 1. The molecule has 6 nitrogen and oxygen atoms in total. The number of carbonyl (C=O) groups is 2. The van der Waals surface area contributed by atoms with Crippen LogP contribution in [0.2, 0.25) is 0 Å². The molecule has 1 aliphatic rings. The number of amides is 2. The number of benzene rings is 1. The van der Waals surface area contributed by atoms with Gasteiger partial charge < -0.3 is 10.6 Å². The van der Waals surface area contributed by atoms with Crippen molar-refractivity contribution in [2.75, 3.05) is 19.6 Å². The Morgan fingerprint density at radius 2 is 2.19 bits per heavy atom. The number of rotatable bonds is 7. The number of thiazole rings is 1. The molecule has 0 unspecified atom stereocenters. The van der Waals surface area contributed by atoms with Crippen molar-refractivity contribution in [3.63, 3.8) is 0 Å². The molecular formula is C19H24N4O2S. The van der Waals surface area contributed by atoms with E-state index in [0.29, 0.717) is 26.1 Å². The predicted molar refractivity (Wildman–Crippen MR) is 102 cm³/mol. The zero-order valence-corrected chi connectivity index (χ0v) is 15.7. The van der Waals surface area contributed by atoms with Crippen molar-refractivity contribution >= 4 is 23.2 Å². The number of hydrogen-bond acceptors (Lipinski definition) is 5. The molecule has 2 aromatic rings. The van der Waals surface area contributed by atoms with Crippen molar-refractivity contribution in [2.45, 2.75) is 32.4 Å². The number of aryl methyl sites for hydroxylation is 1. The van der Waals surface area contributed by atoms with Crippen LogP contribution in [0.3, 0.4) is 0 Å². The van der Waals surface area contributed by atoms with E-state index >= 15 is 0 Å². The first kappa shape index (κ1) is 18.5. The van der Waals surface area contributed by atoms with Crippen LogP contribution in [0.4, 0.5) is 0 Å². The van der Waals surface area contributed by atoms with Gasteiger partial charge in [-0.15, -0.1) is 11.3 Å². The average molecular weight is 372 g/mol. The zero-order chi connectivity index (χ0) is 18.4. The van der Waals surface area contributed by atoms with Gasteiger partial charge in [0.1, 0.15) is 0 Å². The van der Waals surface area contributed by atoms with Gasteiger partial charge in [0.15, 0.2) is 0 Å². The first-order chi connectivity index (χ1) is 12.6. The van der Waals surface area contributed by atoms with Crippen molar-refractivity contribution in [3.05, 3.63) is 52.0 Å². The second-order valence-corrected chi connectivity index (χ2v) is 7.27. The fourth-order valence-corrected chi connectivity index (χ4v) is 3.63. The predicted octanol–water partition coefficient (Wildman–Crippen LogP) is 1.50. The monoisotopic (exact) mass is 372 g/mol. The summed E-state index contributed by atoms with van der Waals surface area (Å²) in [4.78, 5) is 30.9. The summed E-state index contributed by atoms with van der Waals surface area (Å²) in [6, 6.07) is 7.86. The Hall–Kier alpha value is -2.25. The van der Waals surface area contributed by atoms with E-state index in [1.165, 1.54) is 5.56 Å². The molecule has 26 heavy (non-hydrogen) atoms. The molecule has 1 atom stereocenters. The highest BCUT2D eigenvalue weighted by Gasteiger charge is 2.31. The molecule has 3 rings (SSSR count). The summed E-state index contributed by atoms with van der Waals surface area (Å²) in [6.45, 7) is 4.62. The van der Waals surface area contributed by atoms with Crippen molar-refractivity contribution in [3.8, 4) is 0 Å². The molecule has 2 heterocycles. The molecule has 1 aromatic heterocycles. The molecule has 0 radical (unpaired) electrons. The van der Waals surface area contributed by atoms with E-state index in [1.54, 1.807) is 16.8 Å². The van der Waals surface area contributed by atoms with Crippen molar-refractivity contribution in [1.82, 2.24) is 20.5 Å². The zero-order valence-electron chi connectivity index (χ0n) is 14.9. The first-order valence-corrected chi connectivity index (χ1v) is 9.77. The lowest BCUT2D eigenvalue weighted by Crippen LogP contribution is -2.56. The van der Waals surface area contributed by atoms with Gasteiger partial charge in [-0.1, -0.05) is 29.8 Å². The maximum absolute atomic E-state index is 12.3. The molecule has 1 fully saturated rings. The van der Waals surface area contributed by atoms with Gasteiger partial charge in [0.2, 0.25) is 11.8 Å². The Balaban J connectivity index is 1.54. The number of hydrogen-bond donors (Lipinski definition) is 2. The molecule has 0 aliphatic carbocycles. The van der Waals surface area contributed by atoms with E-state index in [0.717, 1.165) is 17.8 Å². The maximum Gasteiger partial charge on any atom is 0.237 e. The molecule has 138 valence electrons. The van der Waals surface area contributed by atoms with E-state index in [2.05, 4.69) is 51.7 Å². The lowest BCUT2D eigenvalue weighted by molar-refractivity contribution is -0.134. The van der Waals surface area contributed by atoms with Gasteiger partial charge in [0, 0.05) is 38.0 Å². The molecule has 2 amide bonds. The summed E-state index contributed by atoms with van der Waals surface area (Å²) in [5, 5.41) is 7.75. The molecule has 7 heteroatoms. The molecular weight excluding hydrogens is 348 g/mol. The van der Waals surface area contributed by atoms with Gasteiger partial charge in [0.05, 0.1) is 23.7 Å². The average Bonchev–Trinajstić information content (AvgIpc) is 3.13. The highest BCUT2D eigenvalue weighted by atomic mass is 32.1. The van der Waals surface area contributed by atoms with Crippen molar-refractivity contribution < 1.29 is 9.59 Å². The van der Waals surface area contributed by atoms with Crippen LogP contribution in [0.5, 0.6) is 0 Å². The Morgan fingerprint density at radius 3 is 2.92 bits per heavy atom. The third-order valence-corrected chi connectivity index (χ3v) is 5.15. The highest BCUT2D eigenvalue weighted by Crippen LogP contribution is 2.14. The summed E-state index contributed by atoms with van der Waals surface area (Å²) in [5.74, 6) is -0.172. The summed E-state index contributed by atoms with van der Waals surface area (Å²) in [7, 11) is 0. The first-order valence-electron chi connectivity index (χ1n) is 8.83. The number of carbonyl (C=O) groups excluding carboxylic acids is 2. The highest BCUT2D eigenvalue weighted by molar-refractivity contribution is 7.07. The summed E-state index contributed by atoms with van der Waals surface area (Å²) in [5.41, 5.74) is 5.12. The van der Waals surface area contributed by atoms with Crippen LogP contribution in [0.15, 0.2) is 35.2 Å². The van der Waals surface area contributed by atoms with E-state index in [4.69, 9.17) is 0 Å². The van der Waals surface area contributed by atoms with Gasteiger partial charge in [-0.05, 0) is 12.5 Å². The third-order valence-electron chi connectivity index (χ3n) is 4.51. The molecule has 1 aliphatic heterocycles. The lowest BCUT2D eigenvalue weighted by atomic mass is 10.1. The minimum Gasteiger partial charge on any atom is -0.356 e. The quantitative estimate of drug-likeness (QED) is 0.772. The van der Waals surface area contributed by atoms with E-state index < -0.39 is 6.04 Å². The molecule has 0 bridgehead atoms. The minimum atomic E-state index is -0.427. The Bertz CT molecular complexity index is 731. The van der Waals surface area contributed by atoms with Crippen LogP contribution in [0.1, 0.15) is 23.2 Å². The SMILES string of the molecule is Cc1ccc(CN2CCNC(=O)[C@@H]2CC(=O)NCCc2cscn2)cc1. The number of nitrogens with zero attached hydrogens (tertiary/aromatic N) is 2. The summed E-state index contributed by atoms with van der Waals surface area (Å²) in [6.07, 6.45) is 0.883. The fourth-order valence-electron chi connectivity index (χ4n) is 3.04. The molecule has 0 spiro atoms. The van der Waals surface area contributed by atoms with Crippen molar-refractivity contribution in [2.24, 2.45) is 0 Å². The smallest absolute Gasteiger partial charge is 0.237 e. The molecule has 0 saturated carbocycles. The standard InChI is InChI=1S/C19H24N4O2S/c1-14-2-4-15(5-3-14)11-23-9-8-21-19(25)17(23)10-18(24)20-7-6-16-12-26-13-22-16/h2-5,12-13,17H,6-11H2,1H3,(H,20,24)(H,21,25)/t17-/m0/s1. The second kappa shape index (κ2) is 8.91. The fraction of sp³-hybridized carbons (Fsp3) is 0.421. The van der Waals surface area contributed by atoms with Crippen molar-refractivity contribution in [1.29, 1.82) is 0 Å². The van der Waals surface area contributed by atoms with Crippen LogP contribution in [-0.2, 0) is 22.6 Å². The minimum absolute atomic E-state index is 0.0713. The van der Waals surface area contributed by atoms with Crippen LogP contribution in [0, 0.1) is 6.92 Å². The van der Waals surface area contributed by atoms with E-state index in [-0.39, 0.29) is 18.2 Å². The maximum atomic E-state index is 12.3. The van der Waals surface area contributed by atoms with Crippen LogP contribution >= 0.6 is 11.3 Å². The number of aromatic nitrogens is 1. The third kappa shape index (κ3) is 5.12. The van der Waals surface area contributed by atoms with Gasteiger partial charge in [-0.25, -0.2) is 4.98 Å².